The number of rotatable bonds is 21. The summed E-state index contributed by atoms with van der Waals surface area (Å²) in [5.74, 6) is -2.95. The highest BCUT2D eigenvalue weighted by atomic mass is 35.5. The summed E-state index contributed by atoms with van der Waals surface area (Å²) in [4.78, 5) is 23.8. The van der Waals surface area contributed by atoms with Crippen LogP contribution in [0, 0.1) is 5.92 Å². The van der Waals surface area contributed by atoms with E-state index < -0.39 is 18.0 Å². The highest BCUT2D eigenvalue weighted by molar-refractivity contribution is 6.29. The molecule has 4 atom stereocenters. The van der Waals surface area contributed by atoms with Gasteiger partial charge < -0.3 is 14.7 Å². The number of quaternary nitrogens is 1. The van der Waals surface area contributed by atoms with Crippen LogP contribution in [0.1, 0.15) is 96.8 Å². The number of ketones is 1. The number of likely N-dealkylation sites (N-methyl/N-ethyl adjacent to an activating group) is 1. The van der Waals surface area contributed by atoms with Crippen molar-refractivity contribution in [1.82, 2.24) is 0 Å². The van der Waals surface area contributed by atoms with Crippen LogP contribution in [0.4, 0.5) is 0 Å². The molecule has 0 aliphatic rings. The predicted molar refractivity (Wildman–Crippen MR) is 135 cm³/mol. The van der Waals surface area contributed by atoms with E-state index in [0.717, 1.165) is 44.9 Å². The topological polar surface area (TPSA) is 74.6 Å². The van der Waals surface area contributed by atoms with Crippen molar-refractivity contribution in [1.29, 1.82) is 0 Å². The Morgan fingerprint density at radius 1 is 0.781 bits per heavy atom. The minimum Gasteiger partial charge on any atom is -0.481 e. The summed E-state index contributed by atoms with van der Waals surface area (Å²) >= 11 is 12.9. The fraction of sp³-hybridized carbons (Fsp3) is 0.920. The second-order valence-corrected chi connectivity index (χ2v) is 11.3. The van der Waals surface area contributed by atoms with Crippen molar-refractivity contribution in [2.45, 2.75) is 114 Å². The van der Waals surface area contributed by atoms with Gasteiger partial charge in [-0.1, -0.05) is 71.1 Å². The molecule has 0 bridgehead atoms. The zero-order chi connectivity index (χ0) is 24.6. The third kappa shape index (κ3) is 16.3. The smallest absolute Gasteiger partial charge is 0.316 e. The Morgan fingerprint density at radius 2 is 1.22 bits per heavy atom. The first-order valence-corrected chi connectivity index (χ1v) is 13.4. The maximum atomic E-state index is 12.3. The fourth-order valence-electron chi connectivity index (χ4n) is 3.99. The molecular formula is C25H48Cl2NO4+. The molecule has 2 N–H and O–H groups in total. The minimum atomic E-state index is -1.34. The number of carbonyl (C=O) groups is 2. The summed E-state index contributed by atoms with van der Waals surface area (Å²) in [6, 6.07) is 0. The number of alkyl halides is 2. The first-order valence-electron chi connectivity index (χ1n) is 12.5. The first-order chi connectivity index (χ1) is 15.0. The van der Waals surface area contributed by atoms with Crippen LogP contribution in [-0.2, 0) is 9.59 Å². The fourth-order valence-corrected chi connectivity index (χ4v) is 4.55. The summed E-state index contributed by atoms with van der Waals surface area (Å²) in [6.07, 6.45) is 13.0. The van der Waals surface area contributed by atoms with Crippen LogP contribution < -0.4 is 0 Å². The highest BCUT2D eigenvalue weighted by Gasteiger charge is 2.36. The van der Waals surface area contributed by atoms with Gasteiger partial charge in [-0.25, -0.2) is 0 Å². The first kappa shape index (κ1) is 31.6. The molecule has 0 heterocycles. The number of nitrogens with zero attached hydrogens (tertiary/aromatic N) is 1. The summed E-state index contributed by atoms with van der Waals surface area (Å²) in [5.41, 5.74) is 0. The lowest BCUT2D eigenvalue weighted by Crippen LogP contribution is -2.47. The zero-order valence-corrected chi connectivity index (χ0v) is 22.3. The van der Waals surface area contributed by atoms with Gasteiger partial charge in [0.2, 0.25) is 0 Å². The Labute approximate surface area is 206 Å². The number of carbonyl (C=O) groups excluding carboxylic acids is 1. The average molecular weight is 498 g/mol. The lowest BCUT2D eigenvalue weighted by Gasteiger charge is -2.28. The molecule has 32 heavy (non-hydrogen) atoms. The number of carboxylic acids is 1. The summed E-state index contributed by atoms with van der Waals surface area (Å²) in [7, 11) is 5.58. The lowest BCUT2D eigenvalue weighted by atomic mass is 9.93. The number of Topliss-reactive ketones (excluding diaryl/α,β-unsaturated/α-hetero) is 1. The number of hydrogen-bond donors (Lipinski definition) is 2. The normalized spacial score (nSPS) is 15.8. The minimum absolute atomic E-state index is 0.00733. The van der Waals surface area contributed by atoms with Gasteiger partial charge in [0.1, 0.15) is 24.3 Å². The summed E-state index contributed by atoms with van der Waals surface area (Å²) < 4.78 is 0.405. The lowest BCUT2D eigenvalue weighted by molar-refractivity contribution is -0.873. The summed E-state index contributed by atoms with van der Waals surface area (Å²) in [6.45, 7) is 2.45. The highest BCUT2D eigenvalue weighted by Crippen LogP contribution is 2.23. The third-order valence-electron chi connectivity index (χ3n) is 5.86. The van der Waals surface area contributed by atoms with E-state index in [2.05, 4.69) is 6.92 Å². The van der Waals surface area contributed by atoms with Gasteiger partial charge in [0, 0.05) is 17.2 Å². The molecule has 0 saturated carbocycles. The van der Waals surface area contributed by atoms with Gasteiger partial charge in [0.15, 0.2) is 0 Å². The molecular weight excluding hydrogens is 449 g/mol. The van der Waals surface area contributed by atoms with Crippen molar-refractivity contribution in [3.63, 3.8) is 0 Å². The maximum absolute atomic E-state index is 12.3. The molecule has 0 aromatic rings. The van der Waals surface area contributed by atoms with E-state index in [4.69, 9.17) is 23.2 Å². The van der Waals surface area contributed by atoms with Crippen molar-refractivity contribution >= 4 is 35.0 Å². The average Bonchev–Trinajstić information content (AvgIpc) is 2.67. The quantitative estimate of drug-likeness (QED) is 0.0880. The number of carboxylic acid groups (broad SMARTS) is 1. The molecule has 0 amide bonds. The molecule has 0 aromatic heterocycles. The molecule has 0 fully saturated rings. The molecule has 5 nitrogen and oxygen atoms in total. The van der Waals surface area contributed by atoms with Crippen LogP contribution in [-0.4, -0.2) is 71.0 Å². The number of aliphatic hydroxyl groups is 1. The van der Waals surface area contributed by atoms with Crippen LogP contribution in [0.2, 0.25) is 0 Å². The largest absolute Gasteiger partial charge is 0.481 e. The SMILES string of the molecule is CCCCCCCC[C@@H](Cl)[C@@H](Cl)CCCCCCCC(=O)[C@H](C(=O)O)[C@H](O)C[N+](C)(C)C. The van der Waals surface area contributed by atoms with E-state index in [0.29, 0.717) is 10.9 Å². The van der Waals surface area contributed by atoms with Gasteiger partial charge in [0.25, 0.3) is 0 Å². The van der Waals surface area contributed by atoms with E-state index in [9.17, 15) is 19.8 Å². The number of halogens is 2. The maximum Gasteiger partial charge on any atom is 0.316 e. The number of unbranched alkanes of at least 4 members (excludes halogenated alkanes) is 9. The van der Waals surface area contributed by atoms with Crippen LogP contribution in [0.15, 0.2) is 0 Å². The Balaban J connectivity index is 3.94. The van der Waals surface area contributed by atoms with Crippen LogP contribution in [0.3, 0.4) is 0 Å². The molecule has 0 saturated heterocycles. The third-order valence-corrected chi connectivity index (χ3v) is 7.04. The molecule has 0 unspecified atom stereocenters. The molecule has 0 aliphatic carbocycles. The van der Waals surface area contributed by atoms with E-state index in [1.54, 1.807) is 0 Å². The Bertz CT molecular complexity index is 511. The van der Waals surface area contributed by atoms with Crippen LogP contribution in [0.25, 0.3) is 0 Å². The van der Waals surface area contributed by atoms with E-state index >= 15 is 0 Å². The zero-order valence-electron chi connectivity index (χ0n) is 20.8. The Kier molecular flexibility index (Phi) is 17.8. The molecule has 0 aliphatic heterocycles. The van der Waals surface area contributed by atoms with Crippen LogP contribution >= 0.6 is 23.2 Å². The number of hydrogen-bond acceptors (Lipinski definition) is 3. The summed E-state index contributed by atoms with van der Waals surface area (Å²) in [5, 5.41) is 19.6. The van der Waals surface area contributed by atoms with Crippen LogP contribution in [0.5, 0.6) is 0 Å². The molecule has 0 aromatic carbocycles. The Morgan fingerprint density at radius 3 is 1.66 bits per heavy atom. The van der Waals surface area contributed by atoms with E-state index in [-0.39, 0.29) is 29.5 Å². The van der Waals surface area contributed by atoms with Crippen molar-refractivity contribution < 1.29 is 24.3 Å². The van der Waals surface area contributed by atoms with Crippen molar-refractivity contribution in [3.05, 3.63) is 0 Å². The van der Waals surface area contributed by atoms with Gasteiger partial charge >= 0.3 is 5.97 Å². The van der Waals surface area contributed by atoms with Crippen molar-refractivity contribution in [2.24, 2.45) is 5.92 Å². The monoisotopic (exact) mass is 496 g/mol. The van der Waals surface area contributed by atoms with Gasteiger partial charge in [0.05, 0.1) is 21.1 Å². The number of aliphatic carboxylic acids is 1. The van der Waals surface area contributed by atoms with E-state index in [1.807, 2.05) is 21.1 Å². The van der Waals surface area contributed by atoms with E-state index in [1.165, 1.54) is 32.1 Å². The molecule has 190 valence electrons. The molecule has 0 spiro atoms. The van der Waals surface area contributed by atoms with Crippen molar-refractivity contribution in [2.75, 3.05) is 27.7 Å². The second-order valence-electron chi connectivity index (χ2n) is 10.2. The second kappa shape index (κ2) is 18.0. The molecule has 7 heteroatoms. The Hall–Kier alpha value is -0.360. The predicted octanol–water partition coefficient (Wildman–Crippen LogP) is 6.02. The van der Waals surface area contributed by atoms with Gasteiger partial charge in [-0.3, -0.25) is 9.59 Å². The van der Waals surface area contributed by atoms with Gasteiger partial charge in [-0.2, -0.15) is 0 Å². The van der Waals surface area contributed by atoms with Gasteiger partial charge in [-0.15, -0.1) is 23.2 Å². The number of aliphatic hydroxyl groups excluding tert-OH is 1. The standard InChI is InChI=1S/C25H47Cl2NO4/c1-5-6-7-8-10-13-16-20(26)21(27)17-14-11-9-12-15-18-22(29)24(25(31)32)23(30)19-28(2,3)4/h20-21,23-24,30H,5-19H2,1-4H3/p+1/t20-,21+,23-,24+/m1/s1. The van der Waals surface area contributed by atoms with Gasteiger partial charge in [-0.05, 0) is 19.3 Å². The van der Waals surface area contributed by atoms with Crippen molar-refractivity contribution in [3.8, 4) is 0 Å². The molecule has 0 radical (unpaired) electrons. The molecule has 0 rings (SSSR count).